The lowest BCUT2D eigenvalue weighted by Gasteiger charge is -2.09. The number of hydrogen-bond acceptors (Lipinski definition) is 5. The van der Waals surface area contributed by atoms with E-state index in [1.54, 1.807) is 24.5 Å². The lowest BCUT2D eigenvalue weighted by atomic mass is 10.1. The van der Waals surface area contributed by atoms with Crippen LogP contribution < -0.4 is 5.32 Å². The Hall–Kier alpha value is -3.15. The van der Waals surface area contributed by atoms with Crippen molar-refractivity contribution in [2.75, 3.05) is 13.7 Å². The molecule has 0 aliphatic heterocycles. The Morgan fingerprint density at radius 1 is 1.20 bits per heavy atom. The predicted octanol–water partition coefficient (Wildman–Crippen LogP) is 3.18. The fourth-order valence-corrected chi connectivity index (χ4v) is 2.55. The van der Waals surface area contributed by atoms with Gasteiger partial charge >= 0.3 is 5.97 Å². The molecule has 0 radical (unpaired) electrons. The van der Waals surface area contributed by atoms with Crippen LogP contribution in [0, 0.1) is 0 Å². The maximum atomic E-state index is 12.6. The number of hydrogen-bond donors (Lipinski definition) is 1. The Labute approximate surface area is 144 Å². The quantitative estimate of drug-likeness (QED) is 0.551. The molecule has 25 heavy (non-hydrogen) atoms. The molecule has 6 nitrogen and oxygen atoms in total. The van der Waals surface area contributed by atoms with Gasteiger partial charge < -0.3 is 14.5 Å². The summed E-state index contributed by atoms with van der Waals surface area (Å²) in [5, 5.41) is 3.60. The van der Waals surface area contributed by atoms with Crippen molar-refractivity contribution in [1.82, 2.24) is 10.3 Å². The molecule has 0 fully saturated rings. The van der Waals surface area contributed by atoms with E-state index in [0.717, 1.165) is 10.9 Å². The smallest absolute Gasteiger partial charge is 0.305 e. The molecule has 0 aliphatic carbocycles. The first-order chi connectivity index (χ1) is 12.2. The summed E-state index contributed by atoms with van der Waals surface area (Å²) in [5.74, 6) is 0.102. The van der Waals surface area contributed by atoms with E-state index in [2.05, 4.69) is 15.0 Å². The minimum Gasteiger partial charge on any atom is -0.469 e. The van der Waals surface area contributed by atoms with Gasteiger partial charge in [-0.05, 0) is 30.7 Å². The summed E-state index contributed by atoms with van der Waals surface area (Å²) in [4.78, 5) is 28.3. The normalized spacial score (nSPS) is 10.6. The number of carbonyl (C=O) groups excluding carboxylic acids is 2. The number of para-hydroxylation sites is 1. The van der Waals surface area contributed by atoms with Crippen molar-refractivity contribution in [2.24, 2.45) is 0 Å². The monoisotopic (exact) mass is 338 g/mol. The molecule has 1 amide bonds. The molecule has 0 aliphatic rings. The van der Waals surface area contributed by atoms with Gasteiger partial charge in [0.1, 0.15) is 5.69 Å². The predicted molar refractivity (Wildman–Crippen MR) is 93.0 cm³/mol. The summed E-state index contributed by atoms with van der Waals surface area (Å²) in [6.07, 6.45) is 2.36. The van der Waals surface area contributed by atoms with Crippen molar-refractivity contribution in [1.29, 1.82) is 0 Å². The molecular weight excluding hydrogens is 320 g/mol. The fraction of sp³-hybridized carbons (Fsp3) is 0.211. The molecule has 3 rings (SSSR count). The molecule has 0 unspecified atom stereocenters. The van der Waals surface area contributed by atoms with E-state index in [1.165, 1.54) is 7.11 Å². The molecule has 1 aromatic carbocycles. The van der Waals surface area contributed by atoms with Crippen LogP contribution in [-0.2, 0) is 9.53 Å². The standard InChI is InChI=1S/C19H18N2O4/c1-24-18(22)9-4-10-20-19(23)14-12-16(17-8-5-11-25-17)21-15-7-3-2-6-13(14)15/h2-3,5-8,11-12H,4,9-10H2,1H3,(H,20,23). The van der Waals surface area contributed by atoms with E-state index in [0.29, 0.717) is 30.0 Å². The number of methoxy groups -OCH3 is 1. The third kappa shape index (κ3) is 3.85. The van der Waals surface area contributed by atoms with Crippen molar-refractivity contribution in [2.45, 2.75) is 12.8 Å². The summed E-state index contributed by atoms with van der Waals surface area (Å²) in [5.41, 5.74) is 1.84. The highest BCUT2D eigenvalue weighted by atomic mass is 16.5. The summed E-state index contributed by atoms with van der Waals surface area (Å²) in [7, 11) is 1.35. The molecule has 6 heteroatoms. The van der Waals surface area contributed by atoms with Crippen LogP contribution in [0.2, 0.25) is 0 Å². The Morgan fingerprint density at radius 2 is 2.04 bits per heavy atom. The molecule has 0 saturated carbocycles. The number of nitrogens with zero attached hydrogens (tertiary/aromatic N) is 1. The Bertz CT molecular complexity index is 888. The van der Waals surface area contributed by atoms with Gasteiger partial charge in [0.2, 0.25) is 0 Å². The van der Waals surface area contributed by atoms with Crippen LogP contribution in [0.1, 0.15) is 23.2 Å². The molecular formula is C19H18N2O4. The van der Waals surface area contributed by atoms with Gasteiger partial charge in [0.15, 0.2) is 5.76 Å². The third-order valence-electron chi connectivity index (χ3n) is 3.81. The highest BCUT2D eigenvalue weighted by Gasteiger charge is 2.14. The van der Waals surface area contributed by atoms with Gasteiger partial charge in [-0.3, -0.25) is 9.59 Å². The number of rotatable bonds is 6. The first kappa shape index (κ1) is 16.7. The maximum absolute atomic E-state index is 12.6. The minimum atomic E-state index is -0.288. The zero-order valence-electron chi connectivity index (χ0n) is 13.8. The number of esters is 1. The van der Waals surface area contributed by atoms with E-state index in [1.807, 2.05) is 24.3 Å². The van der Waals surface area contributed by atoms with E-state index in [-0.39, 0.29) is 18.3 Å². The van der Waals surface area contributed by atoms with E-state index in [9.17, 15) is 9.59 Å². The lowest BCUT2D eigenvalue weighted by molar-refractivity contribution is -0.140. The number of amides is 1. The van der Waals surface area contributed by atoms with Crippen LogP contribution in [0.4, 0.5) is 0 Å². The van der Waals surface area contributed by atoms with Gasteiger partial charge in [-0.15, -0.1) is 0 Å². The summed E-state index contributed by atoms with van der Waals surface area (Å²) in [6.45, 7) is 0.390. The molecule has 2 heterocycles. The number of benzene rings is 1. The second-order valence-electron chi connectivity index (χ2n) is 5.49. The van der Waals surface area contributed by atoms with Crippen LogP contribution in [0.5, 0.6) is 0 Å². The number of fused-ring (bicyclic) bond motifs is 1. The van der Waals surface area contributed by atoms with Gasteiger partial charge in [-0.1, -0.05) is 18.2 Å². The average Bonchev–Trinajstić information content (AvgIpc) is 3.18. The summed E-state index contributed by atoms with van der Waals surface area (Å²) < 4.78 is 9.98. The van der Waals surface area contributed by atoms with Crippen molar-refractivity contribution in [3.63, 3.8) is 0 Å². The van der Waals surface area contributed by atoms with E-state index in [4.69, 9.17) is 4.42 Å². The molecule has 0 spiro atoms. The molecule has 0 bridgehead atoms. The first-order valence-electron chi connectivity index (χ1n) is 7.97. The highest BCUT2D eigenvalue weighted by molar-refractivity contribution is 6.07. The van der Waals surface area contributed by atoms with Crippen molar-refractivity contribution in [3.8, 4) is 11.5 Å². The van der Waals surface area contributed by atoms with Gasteiger partial charge in [0.05, 0.1) is 24.5 Å². The van der Waals surface area contributed by atoms with Gasteiger partial charge in [-0.2, -0.15) is 0 Å². The molecule has 0 saturated heterocycles. The average molecular weight is 338 g/mol. The SMILES string of the molecule is COC(=O)CCCNC(=O)c1cc(-c2ccco2)nc2ccccc12. The number of carbonyl (C=O) groups is 2. The fourth-order valence-electron chi connectivity index (χ4n) is 2.55. The Balaban J connectivity index is 1.84. The number of furan rings is 1. The summed E-state index contributed by atoms with van der Waals surface area (Å²) in [6, 6.07) is 12.8. The molecule has 2 aromatic heterocycles. The topological polar surface area (TPSA) is 81.4 Å². The van der Waals surface area contributed by atoms with Crippen LogP contribution in [0.15, 0.2) is 53.1 Å². The second kappa shape index (κ2) is 7.61. The van der Waals surface area contributed by atoms with Crippen molar-refractivity contribution >= 4 is 22.8 Å². The zero-order valence-corrected chi connectivity index (χ0v) is 13.8. The number of ether oxygens (including phenoxy) is 1. The second-order valence-corrected chi connectivity index (χ2v) is 5.49. The van der Waals surface area contributed by atoms with Crippen LogP contribution in [0.3, 0.4) is 0 Å². The highest BCUT2D eigenvalue weighted by Crippen LogP contribution is 2.25. The Morgan fingerprint density at radius 3 is 2.80 bits per heavy atom. The lowest BCUT2D eigenvalue weighted by Crippen LogP contribution is -2.25. The van der Waals surface area contributed by atoms with Gasteiger partial charge in [0.25, 0.3) is 5.91 Å². The number of pyridine rings is 1. The third-order valence-corrected chi connectivity index (χ3v) is 3.81. The van der Waals surface area contributed by atoms with Crippen LogP contribution in [-0.4, -0.2) is 30.5 Å². The van der Waals surface area contributed by atoms with Crippen LogP contribution in [0.25, 0.3) is 22.4 Å². The van der Waals surface area contributed by atoms with Gasteiger partial charge in [-0.25, -0.2) is 4.98 Å². The van der Waals surface area contributed by atoms with Crippen LogP contribution >= 0.6 is 0 Å². The van der Waals surface area contributed by atoms with Crippen molar-refractivity contribution < 1.29 is 18.7 Å². The zero-order chi connectivity index (χ0) is 17.6. The molecule has 1 N–H and O–H groups in total. The largest absolute Gasteiger partial charge is 0.469 e. The van der Waals surface area contributed by atoms with E-state index < -0.39 is 0 Å². The summed E-state index contributed by atoms with van der Waals surface area (Å²) >= 11 is 0. The Kier molecular flexibility index (Phi) is 5.09. The van der Waals surface area contributed by atoms with Gasteiger partial charge in [0, 0.05) is 18.4 Å². The number of aromatic nitrogens is 1. The van der Waals surface area contributed by atoms with Crippen molar-refractivity contribution in [3.05, 3.63) is 54.3 Å². The molecule has 3 aromatic rings. The molecule has 128 valence electrons. The van der Waals surface area contributed by atoms with E-state index >= 15 is 0 Å². The molecule has 0 atom stereocenters. The first-order valence-corrected chi connectivity index (χ1v) is 7.97. The number of nitrogens with one attached hydrogen (secondary N) is 1. The maximum Gasteiger partial charge on any atom is 0.305 e. The minimum absolute atomic E-state index is 0.212.